The first-order valence-corrected chi connectivity index (χ1v) is 15.1. The molecule has 3 N–H and O–H groups in total. The molecule has 2 rings (SSSR count). The molecule has 2 fully saturated rings. The Kier molecular flexibility index (Phi) is 11.9. The Morgan fingerprint density at radius 2 is 1.68 bits per heavy atom. The number of allylic oxidation sites excluding steroid dienone is 1. The molecule has 0 bridgehead atoms. The maximum Gasteiger partial charge on any atom is 0.408 e. The van der Waals surface area contributed by atoms with Crippen LogP contribution < -0.4 is 16.0 Å². The van der Waals surface area contributed by atoms with Gasteiger partial charge in [-0.05, 0) is 63.2 Å². The molecule has 1 heterocycles. The zero-order valence-electron chi connectivity index (χ0n) is 27.6. The van der Waals surface area contributed by atoms with Gasteiger partial charge < -0.3 is 30.3 Å². The van der Waals surface area contributed by atoms with Crippen molar-refractivity contribution in [1.29, 1.82) is 0 Å². The first-order valence-electron chi connectivity index (χ1n) is 15.1. The quantitative estimate of drug-likeness (QED) is 0.123. The van der Waals surface area contributed by atoms with E-state index in [9.17, 15) is 28.8 Å². The summed E-state index contributed by atoms with van der Waals surface area (Å²) >= 11 is 0. The molecule has 2 aliphatic rings. The summed E-state index contributed by atoms with van der Waals surface area (Å²) in [5.41, 5.74) is -1.69. The Hall–Kier alpha value is -3.70. The Morgan fingerprint density at radius 3 is 2.23 bits per heavy atom. The van der Waals surface area contributed by atoms with E-state index in [1.54, 1.807) is 33.8 Å². The van der Waals surface area contributed by atoms with Gasteiger partial charge >= 0.3 is 12.1 Å². The molecule has 12 nitrogen and oxygen atoms in total. The molecule has 0 aromatic heterocycles. The number of Topliss-reactive ketones (excluding diaryl/α,β-unsaturated/α-hetero) is 1. The van der Waals surface area contributed by atoms with Gasteiger partial charge in [-0.1, -0.05) is 46.8 Å². The molecule has 12 heteroatoms. The number of carbonyl (C=O) groups is 6. The van der Waals surface area contributed by atoms with Crippen molar-refractivity contribution in [2.45, 2.75) is 98.9 Å². The summed E-state index contributed by atoms with van der Waals surface area (Å²) in [5, 5.41) is 7.86. The van der Waals surface area contributed by atoms with Crippen LogP contribution in [-0.2, 0) is 33.4 Å². The lowest BCUT2D eigenvalue weighted by Gasteiger charge is -2.38. The average Bonchev–Trinajstić information content (AvgIpc) is 3.21. The fraction of sp³-hybridized carbons (Fsp3) is 0.688. The van der Waals surface area contributed by atoms with Crippen LogP contribution in [0.2, 0.25) is 0 Å². The second-order valence-corrected chi connectivity index (χ2v) is 14.0. The van der Waals surface area contributed by atoms with E-state index >= 15 is 0 Å². The molecular weight excluding hydrogens is 568 g/mol. The van der Waals surface area contributed by atoms with E-state index in [1.807, 2.05) is 34.6 Å². The minimum absolute atomic E-state index is 0.0566. The zero-order valence-corrected chi connectivity index (χ0v) is 27.6. The van der Waals surface area contributed by atoms with Crippen molar-refractivity contribution in [1.82, 2.24) is 20.9 Å². The van der Waals surface area contributed by atoms with E-state index in [0.29, 0.717) is 13.0 Å². The minimum Gasteiger partial charge on any atom is -0.463 e. The number of amides is 4. The van der Waals surface area contributed by atoms with Crippen molar-refractivity contribution >= 4 is 35.6 Å². The van der Waals surface area contributed by atoms with E-state index in [4.69, 9.17) is 9.47 Å². The number of ketones is 1. The fourth-order valence-corrected chi connectivity index (χ4v) is 5.61. The van der Waals surface area contributed by atoms with Crippen LogP contribution >= 0.6 is 0 Å². The molecule has 4 amide bonds. The van der Waals surface area contributed by atoms with E-state index in [2.05, 4.69) is 22.5 Å². The maximum atomic E-state index is 14.0. The van der Waals surface area contributed by atoms with Crippen LogP contribution in [0.3, 0.4) is 0 Å². The van der Waals surface area contributed by atoms with Gasteiger partial charge in [-0.2, -0.15) is 0 Å². The third-order valence-corrected chi connectivity index (χ3v) is 7.97. The Morgan fingerprint density at radius 1 is 1.05 bits per heavy atom. The number of hydrogen-bond acceptors (Lipinski definition) is 8. The third-order valence-electron chi connectivity index (χ3n) is 7.97. The van der Waals surface area contributed by atoms with Gasteiger partial charge in [-0.15, -0.1) is 6.58 Å². The predicted octanol–water partition coefficient (Wildman–Crippen LogP) is 2.66. The van der Waals surface area contributed by atoms with Gasteiger partial charge in [0.25, 0.3) is 5.91 Å². The molecular formula is C32H50N4O8. The van der Waals surface area contributed by atoms with Crippen LogP contribution in [0.4, 0.5) is 4.79 Å². The topological polar surface area (TPSA) is 160 Å². The van der Waals surface area contributed by atoms with Crippen LogP contribution in [-0.4, -0.2) is 83.9 Å². The van der Waals surface area contributed by atoms with Gasteiger partial charge in [0.15, 0.2) is 0 Å². The maximum absolute atomic E-state index is 14.0. The molecule has 44 heavy (non-hydrogen) atoms. The number of hydrogen-bond donors (Lipinski definition) is 3. The second-order valence-electron chi connectivity index (χ2n) is 14.0. The summed E-state index contributed by atoms with van der Waals surface area (Å²) in [7, 11) is 0. The first kappa shape index (κ1) is 36.5. The molecule has 0 aromatic carbocycles. The molecule has 246 valence electrons. The summed E-state index contributed by atoms with van der Waals surface area (Å²) in [6, 6.07) is -3.05. The number of nitrogens with one attached hydrogen (secondary N) is 3. The molecule has 5 atom stereocenters. The van der Waals surface area contributed by atoms with E-state index in [0.717, 1.165) is 6.08 Å². The highest BCUT2D eigenvalue weighted by Crippen LogP contribution is 2.65. The number of fused-ring (bicyclic) bond motifs is 1. The van der Waals surface area contributed by atoms with E-state index < -0.39 is 64.7 Å². The van der Waals surface area contributed by atoms with Gasteiger partial charge in [-0.25, -0.2) is 9.59 Å². The number of nitrogens with zero attached hydrogens (tertiary/aromatic N) is 1. The normalized spacial score (nSPS) is 21.8. The summed E-state index contributed by atoms with van der Waals surface area (Å²) < 4.78 is 10.2. The molecule has 1 aliphatic heterocycles. The third kappa shape index (κ3) is 9.40. The van der Waals surface area contributed by atoms with Crippen LogP contribution in [0.25, 0.3) is 0 Å². The summed E-state index contributed by atoms with van der Waals surface area (Å²) in [4.78, 5) is 79.3. The molecule has 1 aliphatic carbocycles. The van der Waals surface area contributed by atoms with Crippen LogP contribution in [0.5, 0.6) is 0 Å². The lowest BCUT2D eigenvalue weighted by Crippen LogP contribution is -2.60. The van der Waals surface area contributed by atoms with Crippen molar-refractivity contribution in [3.8, 4) is 0 Å². The lowest BCUT2D eigenvalue weighted by atomic mass is 9.85. The van der Waals surface area contributed by atoms with Gasteiger partial charge in [0, 0.05) is 19.2 Å². The second kappa shape index (κ2) is 14.4. The highest BCUT2D eigenvalue weighted by Gasteiger charge is 2.70. The van der Waals surface area contributed by atoms with Crippen LogP contribution in [0.1, 0.15) is 75.2 Å². The van der Waals surface area contributed by atoms with Crippen molar-refractivity contribution in [2.75, 3.05) is 19.7 Å². The molecule has 0 spiro atoms. The summed E-state index contributed by atoms with van der Waals surface area (Å²) in [5.74, 6) is -3.43. The van der Waals surface area contributed by atoms with E-state index in [1.165, 1.54) is 11.0 Å². The number of likely N-dealkylation sites (tertiary alicyclic amines) is 1. The predicted molar refractivity (Wildman–Crippen MR) is 164 cm³/mol. The Bertz CT molecular complexity index is 1160. The average molecular weight is 619 g/mol. The van der Waals surface area contributed by atoms with Crippen LogP contribution in [0.15, 0.2) is 24.8 Å². The van der Waals surface area contributed by atoms with E-state index in [-0.39, 0.29) is 36.8 Å². The number of rotatable bonds is 13. The number of alkyl carbamates (subject to hydrolysis) is 1. The standard InChI is InChI=1S/C32H50N4O8/c1-11-13-15-20(24(38)27(40)33-17-14-16-21(37)43-12-2)34-26(39)23-22-19(32(22,9)10)18-36(23)28(41)25(30(3,4)5)35-29(42)44-31(6,7)8/h11,14,16,19-20,22-23,25H,1,12-13,15,17-18H2,2-10H3,(H,33,40)(H,34,39)(H,35,42)/t19?,20?,22?,23?,25-/m1/s1. The van der Waals surface area contributed by atoms with Gasteiger partial charge in [0.05, 0.1) is 12.6 Å². The largest absolute Gasteiger partial charge is 0.463 e. The van der Waals surface area contributed by atoms with Crippen molar-refractivity contribution < 1.29 is 38.2 Å². The van der Waals surface area contributed by atoms with Gasteiger partial charge in [-0.3, -0.25) is 19.2 Å². The Labute approximate surface area is 260 Å². The highest BCUT2D eigenvalue weighted by atomic mass is 16.6. The Balaban J connectivity index is 2.25. The number of carbonyl (C=O) groups excluding carboxylic acids is 6. The first-order chi connectivity index (χ1) is 20.3. The lowest BCUT2D eigenvalue weighted by molar-refractivity contribution is -0.145. The number of ether oxygens (including phenoxy) is 2. The number of esters is 1. The van der Waals surface area contributed by atoms with Crippen molar-refractivity contribution in [2.24, 2.45) is 22.7 Å². The summed E-state index contributed by atoms with van der Waals surface area (Å²) in [6.45, 7) is 20.4. The van der Waals surface area contributed by atoms with Gasteiger partial charge in [0.2, 0.25) is 17.6 Å². The zero-order chi connectivity index (χ0) is 33.6. The smallest absolute Gasteiger partial charge is 0.408 e. The fourth-order valence-electron chi connectivity index (χ4n) is 5.61. The van der Waals surface area contributed by atoms with Crippen molar-refractivity contribution in [3.05, 3.63) is 24.8 Å². The molecule has 0 radical (unpaired) electrons. The molecule has 0 aromatic rings. The minimum atomic E-state index is -1.16. The van der Waals surface area contributed by atoms with Crippen LogP contribution in [0, 0.1) is 22.7 Å². The van der Waals surface area contributed by atoms with Crippen molar-refractivity contribution in [3.63, 3.8) is 0 Å². The monoisotopic (exact) mass is 618 g/mol. The number of piperidine rings is 1. The molecule has 1 saturated heterocycles. The SMILES string of the molecule is C=CCCC(NC(=O)C1C2C(CN1C(=O)[C@@H](NC(=O)OC(C)(C)C)C(C)(C)C)C2(C)C)C(=O)C(=O)NCC=CC(=O)OCC. The molecule has 4 unspecified atom stereocenters. The molecule has 1 saturated carbocycles. The summed E-state index contributed by atoms with van der Waals surface area (Å²) in [6.07, 6.45) is 3.82. The highest BCUT2D eigenvalue weighted by molar-refractivity contribution is 6.38. The van der Waals surface area contributed by atoms with Gasteiger partial charge in [0.1, 0.15) is 17.7 Å².